The standard InChI is InChI=1S/C12H12N6OS/c1-14-11-17-18-10(19)9(15-16-12(18)20-11)6-7-4-2-3-5-8(7)13/h2-5H,6,13H2,1H3,(H,14,17). The minimum atomic E-state index is -0.268. The number of aromatic nitrogens is 4. The first-order valence-electron chi connectivity index (χ1n) is 5.95. The zero-order valence-electron chi connectivity index (χ0n) is 10.7. The van der Waals surface area contributed by atoms with Crippen LogP contribution in [-0.2, 0) is 6.42 Å². The van der Waals surface area contributed by atoms with Crippen LogP contribution < -0.4 is 16.6 Å². The molecule has 0 unspecified atom stereocenters. The number of nitrogens with zero attached hydrogens (tertiary/aromatic N) is 4. The highest BCUT2D eigenvalue weighted by atomic mass is 32.1. The van der Waals surface area contributed by atoms with Crippen molar-refractivity contribution >= 4 is 27.1 Å². The molecule has 0 radical (unpaired) electrons. The molecule has 0 aliphatic rings. The van der Waals surface area contributed by atoms with Gasteiger partial charge in [0.05, 0.1) is 0 Å². The summed E-state index contributed by atoms with van der Waals surface area (Å²) >= 11 is 1.27. The number of nitrogens with two attached hydrogens (primary N) is 1. The molecule has 2 heterocycles. The van der Waals surface area contributed by atoms with Gasteiger partial charge in [0.2, 0.25) is 10.1 Å². The van der Waals surface area contributed by atoms with Crippen molar-refractivity contribution in [3.8, 4) is 0 Å². The molecule has 1 aromatic carbocycles. The first-order valence-corrected chi connectivity index (χ1v) is 6.77. The molecule has 0 aliphatic carbocycles. The van der Waals surface area contributed by atoms with Gasteiger partial charge in [0.1, 0.15) is 5.69 Å². The Balaban J connectivity index is 2.06. The number of nitrogens with one attached hydrogen (secondary N) is 1. The lowest BCUT2D eigenvalue weighted by molar-refractivity contribution is 0.810. The van der Waals surface area contributed by atoms with Gasteiger partial charge in [-0.3, -0.25) is 4.79 Å². The Morgan fingerprint density at radius 3 is 2.90 bits per heavy atom. The van der Waals surface area contributed by atoms with Crippen molar-refractivity contribution < 1.29 is 0 Å². The zero-order valence-corrected chi connectivity index (χ0v) is 11.5. The Morgan fingerprint density at radius 1 is 1.35 bits per heavy atom. The molecule has 0 saturated heterocycles. The maximum absolute atomic E-state index is 12.3. The lowest BCUT2D eigenvalue weighted by atomic mass is 10.1. The van der Waals surface area contributed by atoms with Crippen LogP contribution in [0.5, 0.6) is 0 Å². The van der Waals surface area contributed by atoms with Crippen molar-refractivity contribution in [2.24, 2.45) is 0 Å². The van der Waals surface area contributed by atoms with Crippen molar-refractivity contribution in [1.82, 2.24) is 19.8 Å². The van der Waals surface area contributed by atoms with Crippen LogP contribution in [0.1, 0.15) is 11.3 Å². The predicted octanol–water partition coefficient (Wildman–Crippen LogP) is 0.761. The minimum Gasteiger partial charge on any atom is -0.398 e. The number of fused-ring (bicyclic) bond motifs is 1. The Bertz CT molecular complexity index is 824. The lowest BCUT2D eigenvalue weighted by Crippen LogP contribution is -2.22. The van der Waals surface area contributed by atoms with E-state index in [1.807, 2.05) is 18.2 Å². The normalized spacial score (nSPS) is 10.8. The van der Waals surface area contributed by atoms with E-state index in [2.05, 4.69) is 20.6 Å². The molecule has 0 aliphatic heterocycles. The molecule has 0 bridgehead atoms. The molecule has 20 heavy (non-hydrogen) atoms. The molecule has 2 aromatic heterocycles. The molecule has 7 nitrogen and oxygen atoms in total. The highest BCUT2D eigenvalue weighted by Crippen LogP contribution is 2.16. The summed E-state index contributed by atoms with van der Waals surface area (Å²) in [5, 5.41) is 15.7. The van der Waals surface area contributed by atoms with Gasteiger partial charge in [-0.2, -0.15) is 4.52 Å². The maximum Gasteiger partial charge on any atom is 0.297 e. The molecule has 0 amide bonds. The van der Waals surface area contributed by atoms with Gasteiger partial charge in [0, 0.05) is 19.2 Å². The number of anilines is 2. The molecule has 0 atom stereocenters. The Morgan fingerprint density at radius 2 is 2.15 bits per heavy atom. The Labute approximate surface area is 118 Å². The second kappa shape index (κ2) is 4.89. The average Bonchev–Trinajstić information content (AvgIpc) is 2.88. The average molecular weight is 288 g/mol. The molecule has 102 valence electrons. The summed E-state index contributed by atoms with van der Waals surface area (Å²) in [4.78, 5) is 12.8. The van der Waals surface area contributed by atoms with Crippen LogP contribution >= 0.6 is 11.3 Å². The number of hydrogen-bond acceptors (Lipinski definition) is 7. The smallest absolute Gasteiger partial charge is 0.297 e. The van der Waals surface area contributed by atoms with E-state index in [1.54, 1.807) is 13.1 Å². The lowest BCUT2D eigenvalue weighted by Gasteiger charge is -2.03. The second-order valence-corrected chi connectivity index (χ2v) is 5.14. The van der Waals surface area contributed by atoms with Crippen LogP contribution in [-0.4, -0.2) is 26.9 Å². The fourth-order valence-corrected chi connectivity index (χ4v) is 2.52. The Kier molecular flexibility index (Phi) is 3.07. The highest BCUT2D eigenvalue weighted by molar-refractivity contribution is 7.20. The van der Waals surface area contributed by atoms with Gasteiger partial charge in [-0.1, -0.05) is 29.5 Å². The number of rotatable bonds is 3. The molecule has 0 fully saturated rings. The van der Waals surface area contributed by atoms with Gasteiger partial charge in [0.25, 0.3) is 5.56 Å². The predicted molar refractivity (Wildman–Crippen MR) is 78.1 cm³/mol. The summed E-state index contributed by atoms with van der Waals surface area (Å²) in [7, 11) is 1.74. The highest BCUT2D eigenvalue weighted by Gasteiger charge is 2.12. The molecule has 3 rings (SSSR count). The van der Waals surface area contributed by atoms with Gasteiger partial charge in [0.15, 0.2) is 0 Å². The van der Waals surface area contributed by atoms with E-state index in [9.17, 15) is 4.79 Å². The summed E-state index contributed by atoms with van der Waals surface area (Å²) in [6, 6.07) is 7.38. The molecular weight excluding hydrogens is 276 g/mol. The van der Waals surface area contributed by atoms with Crippen molar-refractivity contribution in [1.29, 1.82) is 0 Å². The fourth-order valence-electron chi connectivity index (χ4n) is 1.83. The topological polar surface area (TPSA) is 98.2 Å². The van der Waals surface area contributed by atoms with E-state index in [1.165, 1.54) is 15.9 Å². The summed E-state index contributed by atoms with van der Waals surface area (Å²) in [5.41, 5.74) is 7.42. The molecular formula is C12H12N6OS. The third-order valence-corrected chi connectivity index (χ3v) is 3.80. The van der Waals surface area contributed by atoms with Crippen LogP contribution in [0, 0.1) is 0 Å². The van der Waals surface area contributed by atoms with Crippen LogP contribution in [0.25, 0.3) is 4.96 Å². The van der Waals surface area contributed by atoms with E-state index in [0.717, 1.165) is 5.56 Å². The van der Waals surface area contributed by atoms with E-state index in [-0.39, 0.29) is 5.56 Å². The van der Waals surface area contributed by atoms with Crippen molar-refractivity contribution in [3.05, 3.63) is 45.9 Å². The molecule has 0 spiro atoms. The number of para-hydroxylation sites is 1. The van der Waals surface area contributed by atoms with Gasteiger partial charge in [-0.15, -0.1) is 15.3 Å². The zero-order chi connectivity index (χ0) is 14.1. The Hall–Kier alpha value is -2.48. The summed E-state index contributed by atoms with van der Waals surface area (Å²) in [5.74, 6) is 0. The van der Waals surface area contributed by atoms with E-state index >= 15 is 0 Å². The van der Waals surface area contributed by atoms with Gasteiger partial charge in [-0.25, -0.2) is 0 Å². The SMILES string of the molecule is CNc1nn2c(=O)c(Cc3ccccc3N)nnc2s1. The van der Waals surface area contributed by atoms with Crippen molar-refractivity contribution in [2.45, 2.75) is 6.42 Å². The third kappa shape index (κ3) is 2.10. The molecule has 3 N–H and O–H groups in total. The quantitative estimate of drug-likeness (QED) is 0.690. The first-order chi connectivity index (χ1) is 9.69. The van der Waals surface area contributed by atoms with Crippen molar-refractivity contribution in [2.75, 3.05) is 18.1 Å². The number of nitrogen functional groups attached to an aromatic ring is 1. The van der Waals surface area contributed by atoms with Crippen LogP contribution in [0.4, 0.5) is 10.8 Å². The largest absolute Gasteiger partial charge is 0.398 e. The van der Waals surface area contributed by atoms with Gasteiger partial charge >= 0.3 is 0 Å². The summed E-state index contributed by atoms with van der Waals surface area (Å²) in [6.07, 6.45) is 0.341. The molecule has 8 heteroatoms. The minimum absolute atomic E-state index is 0.268. The van der Waals surface area contributed by atoms with E-state index in [4.69, 9.17) is 5.73 Å². The third-order valence-electron chi connectivity index (χ3n) is 2.88. The molecule has 3 aromatic rings. The summed E-state index contributed by atoms with van der Waals surface area (Å²) < 4.78 is 1.26. The summed E-state index contributed by atoms with van der Waals surface area (Å²) in [6.45, 7) is 0. The van der Waals surface area contributed by atoms with Gasteiger partial charge < -0.3 is 11.1 Å². The molecule has 0 saturated carbocycles. The van der Waals surface area contributed by atoms with Crippen LogP contribution in [0.15, 0.2) is 29.1 Å². The fraction of sp³-hybridized carbons (Fsp3) is 0.167. The van der Waals surface area contributed by atoms with Crippen LogP contribution in [0.3, 0.4) is 0 Å². The second-order valence-electron chi connectivity index (χ2n) is 4.18. The van der Waals surface area contributed by atoms with E-state index < -0.39 is 0 Å². The van der Waals surface area contributed by atoms with E-state index in [0.29, 0.717) is 27.9 Å². The van der Waals surface area contributed by atoms with Gasteiger partial charge in [-0.05, 0) is 11.6 Å². The van der Waals surface area contributed by atoms with Crippen LogP contribution in [0.2, 0.25) is 0 Å². The number of hydrogen-bond donors (Lipinski definition) is 2. The number of benzene rings is 1. The first kappa shape index (κ1) is 12.5. The monoisotopic (exact) mass is 288 g/mol. The maximum atomic E-state index is 12.3. The van der Waals surface area contributed by atoms with Crippen molar-refractivity contribution in [3.63, 3.8) is 0 Å².